The van der Waals surface area contributed by atoms with Crippen molar-refractivity contribution in [1.82, 2.24) is 5.32 Å². The Morgan fingerprint density at radius 2 is 1.79 bits per heavy atom. The summed E-state index contributed by atoms with van der Waals surface area (Å²) in [6.45, 7) is 4.60. The number of hydrogen-bond acceptors (Lipinski definition) is 2. The summed E-state index contributed by atoms with van der Waals surface area (Å²) in [7, 11) is 0. The largest absolute Gasteiger partial charge is 0.352 e. The first-order chi connectivity index (χ1) is 11.5. The molecule has 0 fully saturated rings. The number of halogens is 1. The van der Waals surface area contributed by atoms with E-state index in [9.17, 15) is 9.59 Å². The van der Waals surface area contributed by atoms with E-state index in [0.29, 0.717) is 34.4 Å². The van der Waals surface area contributed by atoms with E-state index in [1.54, 1.807) is 48.5 Å². The maximum absolute atomic E-state index is 12.3. The summed E-state index contributed by atoms with van der Waals surface area (Å²) in [6, 6.07) is 13.3. The van der Waals surface area contributed by atoms with Crippen LogP contribution in [0.1, 0.15) is 24.2 Å². The molecule has 0 saturated carbocycles. The van der Waals surface area contributed by atoms with E-state index in [-0.39, 0.29) is 5.91 Å². The minimum absolute atomic E-state index is 0.220. The molecular formula is C18H20ClN3O2. The number of benzene rings is 2. The number of carbonyl (C=O) groups excluding carboxylic acids is 2. The molecule has 5 nitrogen and oxygen atoms in total. The monoisotopic (exact) mass is 345 g/mol. The zero-order valence-electron chi connectivity index (χ0n) is 13.6. The molecule has 0 aliphatic rings. The minimum atomic E-state index is -0.443. The van der Waals surface area contributed by atoms with Crippen molar-refractivity contribution in [1.29, 1.82) is 0 Å². The van der Waals surface area contributed by atoms with Gasteiger partial charge >= 0.3 is 6.03 Å². The average molecular weight is 346 g/mol. The SMILES string of the molecule is CC(C)CNC(=O)c1ccccc1NC(=O)Nc1cccc(Cl)c1. The molecule has 24 heavy (non-hydrogen) atoms. The van der Waals surface area contributed by atoms with Crippen molar-refractivity contribution in [2.75, 3.05) is 17.2 Å². The van der Waals surface area contributed by atoms with Crippen LogP contribution in [0.5, 0.6) is 0 Å². The predicted octanol–water partition coefficient (Wildman–Crippen LogP) is 4.37. The van der Waals surface area contributed by atoms with Gasteiger partial charge in [-0.25, -0.2) is 4.79 Å². The second kappa shape index (κ2) is 8.36. The fourth-order valence-electron chi connectivity index (χ4n) is 2.03. The van der Waals surface area contributed by atoms with Crippen LogP contribution in [0.4, 0.5) is 16.2 Å². The van der Waals surface area contributed by atoms with Gasteiger partial charge in [-0.2, -0.15) is 0 Å². The highest BCUT2D eigenvalue weighted by atomic mass is 35.5. The molecular weight excluding hydrogens is 326 g/mol. The average Bonchev–Trinajstić information content (AvgIpc) is 2.53. The molecule has 2 rings (SSSR count). The smallest absolute Gasteiger partial charge is 0.323 e. The fraction of sp³-hybridized carbons (Fsp3) is 0.222. The van der Waals surface area contributed by atoms with E-state index in [2.05, 4.69) is 16.0 Å². The highest BCUT2D eigenvalue weighted by Gasteiger charge is 2.13. The number of urea groups is 1. The predicted molar refractivity (Wildman–Crippen MR) is 97.7 cm³/mol. The van der Waals surface area contributed by atoms with Crippen molar-refractivity contribution in [3.63, 3.8) is 0 Å². The maximum Gasteiger partial charge on any atom is 0.323 e. The third kappa shape index (κ3) is 5.28. The topological polar surface area (TPSA) is 70.2 Å². The first kappa shape index (κ1) is 17.8. The molecule has 0 radical (unpaired) electrons. The number of para-hydroxylation sites is 1. The molecule has 0 bridgehead atoms. The van der Waals surface area contributed by atoms with Crippen LogP contribution in [-0.4, -0.2) is 18.5 Å². The highest BCUT2D eigenvalue weighted by Crippen LogP contribution is 2.17. The number of nitrogens with one attached hydrogen (secondary N) is 3. The molecule has 0 aromatic heterocycles. The Balaban J connectivity index is 2.06. The Labute approximate surface area is 146 Å². The lowest BCUT2D eigenvalue weighted by Gasteiger charge is -2.13. The number of rotatable bonds is 5. The van der Waals surface area contributed by atoms with Gasteiger partial charge in [0.05, 0.1) is 11.3 Å². The van der Waals surface area contributed by atoms with Crippen LogP contribution in [0.3, 0.4) is 0 Å². The number of hydrogen-bond donors (Lipinski definition) is 3. The Morgan fingerprint density at radius 1 is 1.04 bits per heavy atom. The van der Waals surface area contributed by atoms with Gasteiger partial charge in [-0.05, 0) is 36.2 Å². The van der Waals surface area contributed by atoms with Gasteiger partial charge in [0.15, 0.2) is 0 Å². The zero-order chi connectivity index (χ0) is 17.5. The third-order valence-corrected chi connectivity index (χ3v) is 3.41. The van der Waals surface area contributed by atoms with Crippen LogP contribution in [0.15, 0.2) is 48.5 Å². The Kier molecular flexibility index (Phi) is 6.21. The van der Waals surface area contributed by atoms with Crippen LogP contribution >= 0.6 is 11.6 Å². The summed E-state index contributed by atoms with van der Waals surface area (Å²) in [5.41, 5.74) is 1.43. The van der Waals surface area contributed by atoms with Crippen molar-refractivity contribution in [2.45, 2.75) is 13.8 Å². The molecule has 6 heteroatoms. The summed E-state index contributed by atoms with van der Waals surface area (Å²) in [4.78, 5) is 24.4. The van der Waals surface area contributed by atoms with Gasteiger partial charge in [0.1, 0.15) is 0 Å². The molecule has 3 amide bonds. The molecule has 0 spiro atoms. The molecule has 0 heterocycles. The summed E-state index contributed by atoms with van der Waals surface area (Å²) in [5.74, 6) is 0.127. The molecule has 3 N–H and O–H groups in total. The van der Waals surface area contributed by atoms with E-state index >= 15 is 0 Å². The lowest BCUT2D eigenvalue weighted by atomic mass is 10.1. The molecule has 0 aliphatic heterocycles. The Bertz CT molecular complexity index is 732. The van der Waals surface area contributed by atoms with Gasteiger partial charge in [-0.1, -0.05) is 43.6 Å². The van der Waals surface area contributed by atoms with Gasteiger partial charge in [0.25, 0.3) is 5.91 Å². The standard InChI is InChI=1S/C18H20ClN3O2/c1-12(2)11-20-17(23)15-8-3-4-9-16(15)22-18(24)21-14-7-5-6-13(19)10-14/h3-10,12H,11H2,1-2H3,(H,20,23)(H2,21,22,24). The van der Waals surface area contributed by atoms with Gasteiger partial charge in [-0.3, -0.25) is 4.79 Å². The van der Waals surface area contributed by atoms with Crippen molar-refractivity contribution in [3.05, 3.63) is 59.1 Å². The van der Waals surface area contributed by atoms with Crippen LogP contribution in [0.25, 0.3) is 0 Å². The lowest BCUT2D eigenvalue weighted by Crippen LogP contribution is -2.29. The molecule has 0 atom stereocenters. The van der Waals surface area contributed by atoms with Crippen molar-refractivity contribution < 1.29 is 9.59 Å². The number of amides is 3. The molecule has 2 aromatic carbocycles. The summed E-state index contributed by atoms with van der Waals surface area (Å²) in [5, 5.41) is 8.74. The fourth-order valence-corrected chi connectivity index (χ4v) is 2.22. The lowest BCUT2D eigenvalue weighted by molar-refractivity contribution is 0.0950. The summed E-state index contributed by atoms with van der Waals surface area (Å²) in [6.07, 6.45) is 0. The van der Waals surface area contributed by atoms with E-state index < -0.39 is 6.03 Å². The first-order valence-electron chi connectivity index (χ1n) is 7.66. The Hall–Kier alpha value is -2.53. The molecule has 0 saturated heterocycles. The van der Waals surface area contributed by atoms with Crippen molar-refractivity contribution in [2.24, 2.45) is 5.92 Å². The van der Waals surface area contributed by atoms with E-state index in [1.165, 1.54) is 0 Å². The first-order valence-corrected chi connectivity index (χ1v) is 8.04. The number of anilines is 2. The molecule has 2 aromatic rings. The number of carbonyl (C=O) groups is 2. The zero-order valence-corrected chi connectivity index (χ0v) is 14.4. The second-order valence-corrected chi connectivity index (χ2v) is 6.18. The van der Waals surface area contributed by atoms with Gasteiger partial charge in [0, 0.05) is 17.3 Å². The normalized spacial score (nSPS) is 10.3. The summed E-state index contributed by atoms with van der Waals surface area (Å²) < 4.78 is 0. The van der Waals surface area contributed by atoms with Gasteiger partial charge < -0.3 is 16.0 Å². The van der Waals surface area contributed by atoms with Crippen LogP contribution in [0.2, 0.25) is 5.02 Å². The highest BCUT2D eigenvalue weighted by molar-refractivity contribution is 6.30. The van der Waals surface area contributed by atoms with Crippen molar-refractivity contribution >= 4 is 34.9 Å². The quantitative estimate of drug-likeness (QED) is 0.753. The van der Waals surface area contributed by atoms with E-state index in [0.717, 1.165) is 0 Å². The molecule has 0 aliphatic carbocycles. The van der Waals surface area contributed by atoms with Crippen LogP contribution < -0.4 is 16.0 Å². The van der Waals surface area contributed by atoms with Crippen LogP contribution in [-0.2, 0) is 0 Å². The van der Waals surface area contributed by atoms with Crippen LogP contribution in [0, 0.1) is 5.92 Å². The molecule has 0 unspecified atom stereocenters. The van der Waals surface area contributed by atoms with Gasteiger partial charge in [0.2, 0.25) is 0 Å². The molecule has 126 valence electrons. The van der Waals surface area contributed by atoms with E-state index in [1.807, 2.05) is 13.8 Å². The minimum Gasteiger partial charge on any atom is -0.352 e. The second-order valence-electron chi connectivity index (χ2n) is 5.74. The van der Waals surface area contributed by atoms with E-state index in [4.69, 9.17) is 11.6 Å². The summed E-state index contributed by atoms with van der Waals surface area (Å²) >= 11 is 5.89. The maximum atomic E-state index is 12.3. The van der Waals surface area contributed by atoms with Gasteiger partial charge in [-0.15, -0.1) is 0 Å². The van der Waals surface area contributed by atoms with Crippen molar-refractivity contribution in [3.8, 4) is 0 Å². The Morgan fingerprint density at radius 3 is 2.50 bits per heavy atom. The third-order valence-electron chi connectivity index (χ3n) is 3.17.